The average molecular weight is 349 g/mol. The van der Waals surface area contributed by atoms with Crippen LogP contribution in [0.1, 0.15) is 11.1 Å². The van der Waals surface area contributed by atoms with Gasteiger partial charge < -0.3 is 0 Å². The lowest BCUT2D eigenvalue weighted by molar-refractivity contribution is 0.584. The molecule has 1 heterocycles. The minimum absolute atomic E-state index is 0.0702. The molecule has 0 radical (unpaired) electrons. The minimum Gasteiger partial charge on any atom is -0.263 e. The summed E-state index contributed by atoms with van der Waals surface area (Å²) in [7, 11) is -4.03. The second-order valence-electron chi connectivity index (χ2n) is 4.39. The first-order valence-electron chi connectivity index (χ1n) is 5.83. The Morgan fingerprint density at radius 3 is 2.52 bits per heavy atom. The molecule has 1 N–H and O–H groups in total. The summed E-state index contributed by atoms with van der Waals surface area (Å²) < 4.78 is 40.1. The van der Waals surface area contributed by atoms with E-state index in [1.165, 1.54) is 12.1 Å². The molecule has 0 fully saturated rings. The molecule has 0 atom stereocenters. The number of sulfonamides is 1. The van der Waals surface area contributed by atoms with Gasteiger partial charge in [-0.25, -0.2) is 13.4 Å². The number of halogens is 3. The summed E-state index contributed by atoms with van der Waals surface area (Å²) in [4.78, 5) is 3.32. The van der Waals surface area contributed by atoms with E-state index in [9.17, 15) is 12.8 Å². The third kappa shape index (κ3) is 3.28. The number of pyridine rings is 1. The van der Waals surface area contributed by atoms with Crippen molar-refractivity contribution in [2.75, 3.05) is 4.72 Å². The summed E-state index contributed by atoms with van der Waals surface area (Å²) in [5.74, 6) is -0.927. The van der Waals surface area contributed by atoms with Crippen LogP contribution < -0.4 is 4.72 Å². The van der Waals surface area contributed by atoms with E-state index in [4.69, 9.17) is 23.2 Å². The van der Waals surface area contributed by atoms with E-state index in [0.29, 0.717) is 11.1 Å². The van der Waals surface area contributed by atoms with Gasteiger partial charge in [-0.05, 0) is 43.2 Å². The van der Waals surface area contributed by atoms with Crippen LogP contribution in [0.4, 0.5) is 10.2 Å². The zero-order valence-corrected chi connectivity index (χ0v) is 13.4. The molecule has 21 heavy (non-hydrogen) atoms. The lowest BCUT2D eigenvalue weighted by Crippen LogP contribution is -2.16. The Bertz CT molecular complexity index is 784. The Balaban J connectivity index is 2.55. The van der Waals surface area contributed by atoms with Gasteiger partial charge in [-0.3, -0.25) is 4.72 Å². The fourth-order valence-electron chi connectivity index (χ4n) is 1.79. The Hall–Kier alpha value is -1.37. The molecular weight excluding hydrogens is 338 g/mol. The van der Waals surface area contributed by atoms with E-state index >= 15 is 0 Å². The van der Waals surface area contributed by atoms with Crippen LogP contribution in [0.2, 0.25) is 10.0 Å². The maximum atomic E-state index is 13.0. The summed E-state index contributed by atoms with van der Waals surface area (Å²) in [5.41, 5.74) is 0.844. The number of nitrogens with one attached hydrogen (secondary N) is 1. The van der Waals surface area contributed by atoms with Crippen molar-refractivity contribution in [2.24, 2.45) is 0 Å². The highest BCUT2D eigenvalue weighted by atomic mass is 35.5. The van der Waals surface area contributed by atoms with E-state index in [0.717, 1.165) is 6.07 Å². The number of hydrogen-bond donors (Lipinski definition) is 1. The van der Waals surface area contributed by atoms with Gasteiger partial charge >= 0.3 is 0 Å². The molecule has 0 saturated heterocycles. The van der Waals surface area contributed by atoms with Gasteiger partial charge in [-0.1, -0.05) is 29.3 Å². The van der Waals surface area contributed by atoms with Crippen LogP contribution in [-0.2, 0) is 10.0 Å². The molecule has 8 heteroatoms. The molecular formula is C13H11Cl2FN2O2S. The van der Waals surface area contributed by atoms with Crippen molar-refractivity contribution in [1.29, 1.82) is 0 Å². The zero-order chi connectivity index (χ0) is 15.8. The quantitative estimate of drug-likeness (QED) is 0.854. The molecule has 2 rings (SSSR count). The van der Waals surface area contributed by atoms with Crippen molar-refractivity contribution in [1.82, 2.24) is 4.98 Å². The first-order chi connectivity index (χ1) is 9.72. The number of nitrogens with zero attached hydrogens (tertiary/aromatic N) is 1. The number of aromatic nitrogens is 1. The third-order valence-corrected chi connectivity index (χ3v) is 5.33. The second kappa shape index (κ2) is 5.79. The molecule has 112 valence electrons. The van der Waals surface area contributed by atoms with E-state index < -0.39 is 16.0 Å². The van der Waals surface area contributed by atoms with Gasteiger partial charge in [-0.15, -0.1) is 0 Å². The van der Waals surface area contributed by atoms with Crippen LogP contribution in [-0.4, -0.2) is 13.4 Å². The summed E-state index contributed by atoms with van der Waals surface area (Å²) in [6.07, 6.45) is 0. The molecule has 4 nitrogen and oxygen atoms in total. The smallest absolute Gasteiger partial charge is 0.263 e. The molecule has 0 aliphatic heterocycles. The van der Waals surface area contributed by atoms with E-state index in [-0.39, 0.29) is 20.8 Å². The van der Waals surface area contributed by atoms with Crippen molar-refractivity contribution in [3.63, 3.8) is 0 Å². The Kier molecular flexibility index (Phi) is 4.41. The molecule has 0 aliphatic rings. The number of anilines is 1. The van der Waals surface area contributed by atoms with Gasteiger partial charge in [0.05, 0.1) is 5.02 Å². The van der Waals surface area contributed by atoms with E-state index in [1.807, 2.05) is 0 Å². The normalized spacial score (nSPS) is 11.5. The predicted octanol–water partition coefficient (Wildman–Crippen LogP) is 3.95. The minimum atomic E-state index is -4.03. The highest BCUT2D eigenvalue weighted by molar-refractivity contribution is 7.92. The molecule has 0 unspecified atom stereocenters. The summed E-state index contributed by atoms with van der Waals surface area (Å²) in [6, 6.07) is 5.37. The van der Waals surface area contributed by atoms with Crippen LogP contribution in [0, 0.1) is 19.8 Å². The molecule has 1 aromatic heterocycles. The van der Waals surface area contributed by atoms with Crippen molar-refractivity contribution in [3.05, 3.63) is 51.4 Å². The van der Waals surface area contributed by atoms with Gasteiger partial charge in [0.15, 0.2) is 0 Å². The highest BCUT2D eigenvalue weighted by Gasteiger charge is 2.24. The predicted molar refractivity (Wildman–Crippen MR) is 80.9 cm³/mol. The molecule has 0 aliphatic carbocycles. The van der Waals surface area contributed by atoms with Gasteiger partial charge in [0.25, 0.3) is 10.0 Å². The number of hydrogen-bond acceptors (Lipinski definition) is 3. The van der Waals surface area contributed by atoms with Crippen LogP contribution >= 0.6 is 23.2 Å². The van der Waals surface area contributed by atoms with Crippen LogP contribution in [0.15, 0.2) is 29.2 Å². The van der Waals surface area contributed by atoms with Crippen molar-refractivity contribution in [2.45, 2.75) is 18.7 Å². The zero-order valence-electron chi connectivity index (χ0n) is 11.1. The van der Waals surface area contributed by atoms with Gasteiger partial charge in [0, 0.05) is 5.02 Å². The van der Waals surface area contributed by atoms with Crippen LogP contribution in [0.3, 0.4) is 0 Å². The first kappa shape index (κ1) is 16.0. The maximum Gasteiger partial charge on any atom is 0.264 e. The van der Waals surface area contributed by atoms with Crippen LogP contribution in [0.25, 0.3) is 0 Å². The van der Waals surface area contributed by atoms with Crippen molar-refractivity contribution in [3.8, 4) is 0 Å². The second-order valence-corrected chi connectivity index (χ2v) is 6.80. The van der Waals surface area contributed by atoms with Gasteiger partial charge in [-0.2, -0.15) is 4.39 Å². The number of aryl methyl sites for hydroxylation is 1. The molecule has 0 spiro atoms. The Labute approximate surface area is 132 Å². The molecule has 2 aromatic rings. The lowest BCUT2D eigenvalue weighted by atomic mass is 10.2. The summed E-state index contributed by atoms with van der Waals surface area (Å²) >= 11 is 12.1. The van der Waals surface area contributed by atoms with E-state index in [2.05, 4.69) is 9.71 Å². The highest BCUT2D eigenvalue weighted by Crippen LogP contribution is 2.34. The fraction of sp³-hybridized carbons (Fsp3) is 0.154. The summed E-state index contributed by atoms with van der Waals surface area (Å²) in [6.45, 7) is 3.19. The van der Waals surface area contributed by atoms with Crippen molar-refractivity contribution < 1.29 is 12.8 Å². The molecule has 1 aromatic carbocycles. The molecule has 0 saturated carbocycles. The average Bonchev–Trinajstić information content (AvgIpc) is 2.35. The maximum absolute atomic E-state index is 13.0. The Morgan fingerprint density at radius 1 is 1.24 bits per heavy atom. The van der Waals surface area contributed by atoms with Gasteiger partial charge in [0.1, 0.15) is 10.7 Å². The van der Waals surface area contributed by atoms with E-state index in [1.54, 1.807) is 19.9 Å². The third-order valence-electron chi connectivity index (χ3n) is 2.81. The number of benzene rings is 1. The van der Waals surface area contributed by atoms with Gasteiger partial charge in [0.2, 0.25) is 5.95 Å². The monoisotopic (exact) mass is 348 g/mol. The number of rotatable bonds is 3. The van der Waals surface area contributed by atoms with Crippen LogP contribution in [0.5, 0.6) is 0 Å². The molecule has 0 bridgehead atoms. The molecule has 0 amide bonds. The largest absolute Gasteiger partial charge is 0.264 e. The topological polar surface area (TPSA) is 59.1 Å². The summed E-state index contributed by atoms with van der Waals surface area (Å²) in [5, 5.41) is 0.352. The lowest BCUT2D eigenvalue weighted by Gasteiger charge is -2.14. The standard InChI is InChI=1S/C13H11Cl2FN2O2S/c1-7-6-9(14)8(2)13(12(7)15)21(19,20)18-11-5-3-4-10(16)17-11/h3-6H,1-2H3,(H,17,18). The van der Waals surface area contributed by atoms with Crippen molar-refractivity contribution >= 4 is 39.0 Å². The SMILES string of the molecule is Cc1cc(Cl)c(C)c(S(=O)(=O)Nc2cccc(F)n2)c1Cl. The first-order valence-corrected chi connectivity index (χ1v) is 8.07. The Morgan fingerprint density at radius 2 is 1.90 bits per heavy atom. The fourth-order valence-corrected chi connectivity index (χ4v) is 4.00.